The predicted octanol–water partition coefficient (Wildman–Crippen LogP) is 3.16. The van der Waals surface area contributed by atoms with E-state index >= 15 is 0 Å². The summed E-state index contributed by atoms with van der Waals surface area (Å²) < 4.78 is 48.8. The maximum atomic E-state index is 12.5. The van der Waals surface area contributed by atoms with Crippen LogP contribution in [-0.2, 0) is 10.9 Å². The van der Waals surface area contributed by atoms with Crippen molar-refractivity contribution in [2.45, 2.75) is 12.3 Å². The number of ether oxygens (including phenoxy) is 2. The number of hydrogen-bond donors (Lipinski definition) is 3. The van der Waals surface area contributed by atoms with Gasteiger partial charge in [0.2, 0.25) is 0 Å². The van der Waals surface area contributed by atoms with E-state index in [1.54, 1.807) is 12.1 Å². The van der Waals surface area contributed by atoms with Crippen LogP contribution in [-0.4, -0.2) is 48.4 Å². The standard InChI is InChI=1S/C17H17ClF3N5O3/c18-10-1-2-13(29-9-11-6-22-3-4-28-11)12(5-10)25-16(27)26-15-8-23-14(7-24-15)17(19,20)21/h1-2,5,7-8,11,22H,3-4,6,9H2,(H2,24,25,26,27)/t11-/m0/s1. The first kappa shape index (κ1) is 21.1. The Morgan fingerprint density at radius 2 is 2.14 bits per heavy atom. The number of morpholine rings is 1. The minimum atomic E-state index is -4.61. The van der Waals surface area contributed by atoms with Crippen LogP contribution in [0.15, 0.2) is 30.6 Å². The Labute approximate surface area is 168 Å². The molecule has 0 unspecified atom stereocenters. The molecule has 1 aromatic heterocycles. The van der Waals surface area contributed by atoms with Crippen molar-refractivity contribution in [2.75, 3.05) is 36.9 Å². The van der Waals surface area contributed by atoms with Gasteiger partial charge in [-0.1, -0.05) is 11.6 Å². The van der Waals surface area contributed by atoms with Crippen molar-refractivity contribution in [1.29, 1.82) is 0 Å². The van der Waals surface area contributed by atoms with Crippen LogP contribution < -0.4 is 20.7 Å². The Kier molecular flexibility index (Phi) is 6.72. The number of amides is 2. The Morgan fingerprint density at radius 3 is 2.79 bits per heavy atom. The second kappa shape index (κ2) is 9.25. The highest BCUT2D eigenvalue weighted by Crippen LogP contribution is 2.29. The number of carbonyl (C=O) groups is 1. The van der Waals surface area contributed by atoms with Crippen LogP contribution in [0.1, 0.15) is 5.69 Å². The summed E-state index contributed by atoms with van der Waals surface area (Å²) in [6, 6.07) is 3.92. The fourth-order valence-corrected chi connectivity index (χ4v) is 2.62. The fourth-order valence-electron chi connectivity index (χ4n) is 2.44. The van der Waals surface area contributed by atoms with E-state index in [1.807, 2.05) is 0 Å². The lowest BCUT2D eigenvalue weighted by molar-refractivity contribution is -0.141. The lowest BCUT2D eigenvalue weighted by atomic mass is 10.3. The van der Waals surface area contributed by atoms with Crippen molar-refractivity contribution in [2.24, 2.45) is 0 Å². The van der Waals surface area contributed by atoms with Crippen LogP contribution in [0.3, 0.4) is 0 Å². The zero-order valence-corrected chi connectivity index (χ0v) is 15.7. The molecule has 3 rings (SSSR count). The summed E-state index contributed by atoms with van der Waals surface area (Å²) in [7, 11) is 0. The van der Waals surface area contributed by atoms with Gasteiger partial charge in [0, 0.05) is 18.1 Å². The van der Waals surface area contributed by atoms with Gasteiger partial charge in [-0.2, -0.15) is 13.2 Å². The first-order valence-electron chi connectivity index (χ1n) is 8.53. The molecule has 1 saturated heterocycles. The molecule has 8 nitrogen and oxygen atoms in total. The normalized spacial score (nSPS) is 16.9. The molecule has 1 fully saturated rings. The van der Waals surface area contributed by atoms with Gasteiger partial charge in [-0.05, 0) is 18.2 Å². The highest BCUT2D eigenvalue weighted by Gasteiger charge is 2.32. The van der Waals surface area contributed by atoms with E-state index in [9.17, 15) is 18.0 Å². The smallest absolute Gasteiger partial charge is 0.434 e. The second-order valence-corrected chi connectivity index (χ2v) is 6.45. The Morgan fingerprint density at radius 1 is 1.31 bits per heavy atom. The van der Waals surface area contributed by atoms with E-state index in [4.69, 9.17) is 21.1 Å². The summed E-state index contributed by atoms with van der Waals surface area (Å²) in [6.45, 7) is 2.26. The van der Waals surface area contributed by atoms with Crippen LogP contribution in [0.2, 0.25) is 5.02 Å². The van der Waals surface area contributed by atoms with Gasteiger partial charge >= 0.3 is 12.2 Å². The average molecular weight is 432 g/mol. The van der Waals surface area contributed by atoms with Gasteiger partial charge in [0.1, 0.15) is 18.5 Å². The van der Waals surface area contributed by atoms with Crippen molar-refractivity contribution >= 4 is 29.1 Å². The highest BCUT2D eigenvalue weighted by atomic mass is 35.5. The molecule has 0 saturated carbocycles. The van der Waals surface area contributed by atoms with Crippen molar-refractivity contribution in [3.05, 3.63) is 41.3 Å². The highest BCUT2D eigenvalue weighted by molar-refractivity contribution is 6.31. The Hall–Kier alpha value is -2.63. The van der Waals surface area contributed by atoms with Crippen molar-refractivity contribution < 1.29 is 27.4 Å². The van der Waals surface area contributed by atoms with E-state index in [0.29, 0.717) is 30.1 Å². The van der Waals surface area contributed by atoms with Crippen LogP contribution >= 0.6 is 11.6 Å². The summed E-state index contributed by atoms with van der Waals surface area (Å²) in [6.07, 6.45) is -3.41. The Balaban J connectivity index is 1.62. The SMILES string of the molecule is O=C(Nc1cnc(C(F)(F)F)cn1)Nc1cc(Cl)ccc1OC[C@@H]1CNCCO1. The van der Waals surface area contributed by atoms with Gasteiger partial charge < -0.3 is 20.1 Å². The van der Waals surface area contributed by atoms with Gasteiger partial charge in [-0.3, -0.25) is 5.32 Å². The van der Waals surface area contributed by atoms with Crippen LogP contribution in [0.5, 0.6) is 5.75 Å². The molecule has 1 aliphatic rings. The molecule has 0 aliphatic carbocycles. The van der Waals surface area contributed by atoms with Crippen LogP contribution in [0.25, 0.3) is 0 Å². The fraction of sp³-hybridized carbons (Fsp3) is 0.353. The van der Waals surface area contributed by atoms with E-state index < -0.39 is 17.9 Å². The van der Waals surface area contributed by atoms with Gasteiger partial charge in [-0.15, -0.1) is 0 Å². The topological polar surface area (TPSA) is 97.4 Å². The number of alkyl halides is 3. The molecule has 2 amide bonds. The quantitative estimate of drug-likeness (QED) is 0.673. The van der Waals surface area contributed by atoms with Crippen molar-refractivity contribution in [3.63, 3.8) is 0 Å². The molecule has 2 aromatic rings. The van der Waals surface area contributed by atoms with Gasteiger partial charge in [0.05, 0.1) is 24.7 Å². The summed E-state index contributed by atoms with van der Waals surface area (Å²) in [4.78, 5) is 18.9. The number of halogens is 4. The summed E-state index contributed by atoms with van der Waals surface area (Å²) in [5.74, 6) is 0.207. The molecule has 3 N–H and O–H groups in total. The Bertz CT molecular complexity index is 845. The van der Waals surface area contributed by atoms with Crippen molar-refractivity contribution in [3.8, 4) is 5.75 Å². The number of carbonyl (C=O) groups excluding carboxylic acids is 1. The first-order chi connectivity index (χ1) is 13.8. The van der Waals surface area contributed by atoms with E-state index in [2.05, 4.69) is 25.9 Å². The minimum absolute atomic E-state index is 0.136. The zero-order chi connectivity index (χ0) is 20.9. The van der Waals surface area contributed by atoms with Gasteiger partial charge in [0.25, 0.3) is 0 Å². The molecule has 1 aromatic carbocycles. The minimum Gasteiger partial charge on any atom is -0.489 e. The molecular weight excluding hydrogens is 415 g/mol. The molecule has 156 valence electrons. The number of nitrogens with zero attached hydrogens (tertiary/aromatic N) is 2. The summed E-state index contributed by atoms with van der Waals surface area (Å²) in [5.41, 5.74) is -0.882. The number of nitrogens with one attached hydrogen (secondary N) is 3. The molecule has 29 heavy (non-hydrogen) atoms. The third-order valence-corrected chi connectivity index (χ3v) is 4.04. The first-order valence-corrected chi connectivity index (χ1v) is 8.91. The maximum absolute atomic E-state index is 12.5. The summed E-state index contributed by atoms with van der Waals surface area (Å²) in [5, 5.41) is 8.36. The third-order valence-electron chi connectivity index (χ3n) is 3.80. The lowest BCUT2D eigenvalue weighted by Gasteiger charge is -2.24. The number of benzene rings is 1. The average Bonchev–Trinajstić information content (AvgIpc) is 2.68. The monoisotopic (exact) mass is 431 g/mol. The number of hydrogen-bond acceptors (Lipinski definition) is 6. The third kappa shape index (κ3) is 6.17. The second-order valence-electron chi connectivity index (χ2n) is 6.01. The molecule has 0 spiro atoms. The number of urea groups is 1. The van der Waals surface area contributed by atoms with Crippen molar-refractivity contribution in [1.82, 2.24) is 15.3 Å². The van der Waals surface area contributed by atoms with E-state index in [0.717, 1.165) is 12.7 Å². The summed E-state index contributed by atoms with van der Waals surface area (Å²) >= 11 is 5.98. The molecule has 1 aliphatic heterocycles. The molecule has 12 heteroatoms. The van der Waals surface area contributed by atoms with Gasteiger partial charge in [-0.25, -0.2) is 14.8 Å². The maximum Gasteiger partial charge on any atom is 0.434 e. The molecule has 0 radical (unpaired) electrons. The molecular formula is C17H17ClF3N5O3. The molecule has 2 heterocycles. The molecule has 1 atom stereocenters. The number of aromatic nitrogens is 2. The lowest BCUT2D eigenvalue weighted by Crippen LogP contribution is -2.41. The van der Waals surface area contributed by atoms with Gasteiger partial charge in [0.15, 0.2) is 11.5 Å². The predicted molar refractivity (Wildman–Crippen MR) is 99.2 cm³/mol. The number of rotatable bonds is 5. The zero-order valence-electron chi connectivity index (χ0n) is 14.9. The number of anilines is 2. The van der Waals surface area contributed by atoms with Crippen LogP contribution in [0.4, 0.5) is 29.5 Å². The van der Waals surface area contributed by atoms with E-state index in [1.165, 1.54) is 6.07 Å². The largest absolute Gasteiger partial charge is 0.489 e. The van der Waals surface area contributed by atoms with E-state index in [-0.39, 0.29) is 24.2 Å². The molecule has 0 bridgehead atoms. The van der Waals surface area contributed by atoms with Crippen LogP contribution in [0, 0.1) is 0 Å².